The Kier molecular flexibility index (Phi) is 6.07. The van der Waals surface area contributed by atoms with E-state index in [2.05, 4.69) is 164 Å². The maximum absolute atomic E-state index is 5.15. The van der Waals surface area contributed by atoms with Crippen molar-refractivity contribution in [3.05, 3.63) is 164 Å². The molecule has 210 valence electrons. The molecule has 0 unspecified atom stereocenters. The van der Waals surface area contributed by atoms with Crippen LogP contribution in [0, 0.1) is 0 Å². The number of rotatable bonds is 4. The molecule has 2 heteroatoms. The molecule has 0 N–H and O–H groups in total. The van der Waals surface area contributed by atoms with Crippen molar-refractivity contribution in [1.29, 1.82) is 0 Å². The third kappa shape index (κ3) is 4.26. The van der Waals surface area contributed by atoms with Gasteiger partial charge in [-0.1, -0.05) is 140 Å². The maximum atomic E-state index is 5.15. The fourth-order valence-electron chi connectivity index (χ4n) is 6.89. The van der Waals surface area contributed by atoms with E-state index in [0.717, 1.165) is 11.3 Å². The van der Waals surface area contributed by atoms with E-state index in [1.54, 1.807) is 0 Å². The van der Waals surface area contributed by atoms with Gasteiger partial charge < -0.3 is 0 Å². The summed E-state index contributed by atoms with van der Waals surface area (Å²) in [4.78, 5) is 5.15. The topological polar surface area (TPSA) is 12.9 Å². The van der Waals surface area contributed by atoms with Crippen molar-refractivity contribution < 1.29 is 0 Å². The second kappa shape index (κ2) is 10.6. The van der Waals surface area contributed by atoms with E-state index in [9.17, 15) is 0 Å². The first kappa shape index (κ1) is 25.9. The van der Waals surface area contributed by atoms with Crippen LogP contribution < -0.4 is 0 Å². The lowest BCUT2D eigenvalue weighted by molar-refractivity contribution is 1.34. The molecule has 0 saturated heterocycles. The summed E-state index contributed by atoms with van der Waals surface area (Å²) in [6.45, 7) is 0. The Labute approximate surface area is 265 Å². The van der Waals surface area contributed by atoms with E-state index in [4.69, 9.17) is 4.98 Å². The van der Waals surface area contributed by atoms with Crippen molar-refractivity contribution in [2.75, 3.05) is 0 Å². The van der Waals surface area contributed by atoms with Gasteiger partial charge in [-0.2, -0.15) is 0 Å². The van der Waals surface area contributed by atoms with Gasteiger partial charge in [0.25, 0.3) is 0 Å². The number of pyridine rings is 1. The van der Waals surface area contributed by atoms with Crippen molar-refractivity contribution in [3.8, 4) is 44.6 Å². The van der Waals surface area contributed by atoms with Crippen molar-refractivity contribution in [2.45, 2.75) is 0 Å². The molecule has 45 heavy (non-hydrogen) atoms. The van der Waals surface area contributed by atoms with Gasteiger partial charge in [0.2, 0.25) is 0 Å². The number of benzene rings is 7. The predicted molar refractivity (Wildman–Crippen MR) is 194 cm³/mol. The van der Waals surface area contributed by atoms with Crippen LogP contribution in [0.4, 0.5) is 0 Å². The first-order valence-electron chi connectivity index (χ1n) is 15.3. The third-order valence-electron chi connectivity index (χ3n) is 8.95. The zero-order valence-corrected chi connectivity index (χ0v) is 25.3. The minimum atomic E-state index is 0.986. The van der Waals surface area contributed by atoms with Crippen LogP contribution in [0.1, 0.15) is 0 Å². The standard InChI is InChI=1S/C43H27NS/c1-2-11-28(12-3-1)29-21-23-30(24-22-29)41-33-13-4-6-15-35(33)42(36-16-7-5-14-34(36)41)38-26-25-31(27-44-38)32-18-10-20-40-43(32)37-17-8-9-19-39(37)45-40/h1-27H. The zero-order chi connectivity index (χ0) is 29.7. The molecule has 0 aliphatic carbocycles. The second-order valence-corrected chi connectivity index (χ2v) is 12.6. The molecular formula is C43H27NS. The van der Waals surface area contributed by atoms with E-state index in [1.165, 1.54) is 75.1 Å². The molecule has 0 spiro atoms. The second-order valence-electron chi connectivity index (χ2n) is 11.5. The van der Waals surface area contributed by atoms with Crippen molar-refractivity contribution >= 4 is 53.1 Å². The Balaban J connectivity index is 1.21. The van der Waals surface area contributed by atoms with Crippen molar-refractivity contribution in [2.24, 2.45) is 0 Å². The van der Waals surface area contributed by atoms with Gasteiger partial charge in [-0.15, -0.1) is 11.3 Å². The Morgan fingerprint density at radius 2 is 0.889 bits per heavy atom. The number of hydrogen-bond acceptors (Lipinski definition) is 2. The van der Waals surface area contributed by atoms with E-state index < -0.39 is 0 Å². The van der Waals surface area contributed by atoms with E-state index in [1.807, 2.05) is 11.3 Å². The van der Waals surface area contributed by atoms with Crippen LogP contribution >= 0.6 is 11.3 Å². The Hall–Kier alpha value is -5.57. The molecule has 0 saturated carbocycles. The Morgan fingerprint density at radius 1 is 0.356 bits per heavy atom. The largest absolute Gasteiger partial charge is 0.256 e. The van der Waals surface area contributed by atoms with Crippen molar-refractivity contribution in [3.63, 3.8) is 0 Å². The summed E-state index contributed by atoms with van der Waals surface area (Å²) >= 11 is 1.85. The molecule has 2 heterocycles. The molecular weight excluding hydrogens is 563 g/mol. The Morgan fingerprint density at radius 3 is 1.56 bits per heavy atom. The number of aromatic nitrogens is 1. The van der Waals surface area contributed by atoms with Gasteiger partial charge in [-0.3, -0.25) is 4.98 Å². The number of nitrogens with zero attached hydrogens (tertiary/aromatic N) is 1. The first-order chi connectivity index (χ1) is 22.3. The summed E-state index contributed by atoms with van der Waals surface area (Å²) in [5.74, 6) is 0. The van der Waals surface area contributed by atoms with Crippen LogP contribution in [-0.2, 0) is 0 Å². The SMILES string of the molecule is c1ccc(-c2ccc(-c3c4ccccc4c(-c4ccc(-c5cccc6sc7ccccc7c56)cn4)c4ccccc34)cc2)cc1. The Bertz CT molecular complexity index is 2450. The smallest absolute Gasteiger partial charge is 0.0714 e. The lowest BCUT2D eigenvalue weighted by Gasteiger charge is -2.17. The van der Waals surface area contributed by atoms with Gasteiger partial charge in [0.05, 0.1) is 5.69 Å². The lowest BCUT2D eigenvalue weighted by Crippen LogP contribution is -1.93. The van der Waals surface area contributed by atoms with Gasteiger partial charge in [-0.05, 0) is 67.6 Å². The van der Waals surface area contributed by atoms with Gasteiger partial charge >= 0.3 is 0 Å². The zero-order valence-electron chi connectivity index (χ0n) is 24.4. The summed E-state index contributed by atoms with van der Waals surface area (Å²) < 4.78 is 2.62. The summed E-state index contributed by atoms with van der Waals surface area (Å²) in [5.41, 5.74) is 9.46. The van der Waals surface area contributed by atoms with Gasteiger partial charge in [0, 0.05) is 37.5 Å². The van der Waals surface area contributed by atoms with Crippen LogP contribution in [0.2, 0.25) is 0 Å². The van der Waals surface area contributed by atoms with Crippen LogP contribution in [0.15, 0.2) is 164 Å². The molecule has 0 amide bonds. The average Bonchev–Trinajstić information content (AvgIpc) is 3.50. The highest BCUT2D eigenvalue weighted by atomic mass is 32.1. The fraction of sp³-hybridized carbons (Fsp3) is 0. The molecule has 0 bridgehead atoms. The molecule has 0 atom stereocenters. The van der Waals surface area contributed by atoms with E-state index in [0.29, 0.717) is 0 Å². The summed E-state index contributed by atoms with van der Waals surface area (Å²) in [6, 6.07) is 56.9. The van der Waals surface area contributed by atoms with Crippen LogP contribution in [-0.4, -0.2) is 4.98 Å². The van der Waals surface area contributed by atoms with Crippen molar-refractivity contribution in [1.82, 2.24) is 4.98 Å². The number of hydrogen-bond donors (Lipinski definition) is 0. The van der Waals surface area contributed by atoms with E-state index >= 15 is 0 Å². The summed E-state index contributed by atoms with van der Waals surface area (Å²) in [6.07, 6.45) is 2.05. The molecule has 2 aromatic heterocycles. The van der Waals surface area contributed by atoms with Gasteiger partial charge in [0.1, 0.15) is 0 Å². The molecule has 1 nitrogen and oxygen atoms in total. The third-order valence-corrected chi connectivity index (χ3v) is 10.1. The molecule has 0 aliphatic rings. The molecule has 9 rings (SSSR count). The van der Waals surface area contributed by atoms with Crippen LogP contribution in [0.5, 0.6) is 0 Å². The predicted octanol–water partition coefficient (Wildman–Crippen LogP) is 12.4. The first-order valence-corrected chi connectivity index (χ1v) is 16.1. The minimum Gasteiger partial charge on any atom is -0.256 e. The van der Waals surface area contributed by atoms with Gasteiger partial charge in [0.15, 0.2) is 0 Å². The number of fused-ring (bicyclic) bond motifs is 5. The molecule has 7 aromatic carbocycles. The average molecular weight is 590 g/mol. The highest BCUT2D eigenvalue weighted by molar-refractivity contribution is 7.25. The van der Waals surface area contributed by atoms with Crippen LogP contribution in [0.3, 0.4) is 0 Å². The molecule has 0 fully saturated rings. The highest BCUT2D eigenvalue weighted by Crippen LogP contribution is 2.44. The lowest BCUT2D eigenvalue weighted by atomic mass is 9.86. The molecule has 0 aliphatic heterocycles. The van der Waals surface area contributed by atoms with Gasteiger partial charge in [-0.25, -0.2) is 0 Å². The summed E-state index contributed by atoms with van der Waals surface area (Å²) in [5, 5.41) is 7.51. The maximum Gasteiger partial charge on any atom is 0.0714 e. The molecule has 0 radical (unpaired) electrons. The van der Waals surface area contributed by atoms with E-state index in [-0.39, 0.29) is 0 Å². The minimum absolute atomic E-state index is 0.986. The fourth-order valence-corrected chi connectivity index (χ4v) is 8.02. The molecule has 9 aromatic rings. The highest BCUT2D eigenvalue weighted by Gasteiger charge is 2.18. The van der Waals surface area contributed by atoms with Crippen LogP contribution in [0.25, 0.3) is 86.4 Å². The quantitative estimate of drug-likeness (QED) is 0.186. The normalized spacial score (nSPS) is 11.6. The monoisotopic (exact) mass is 589 g/mol. The number of thiophene rings is 1. The summed E-state index contributed by atoms with van der Waals surface area (Å²) in [7, 11) is 0.